The van der Waals surface area contributed by atoms with Crippen molar-refractivity contribution in [2.24, 2.45) is 0 Å². The first kappa shape index (κ1) is 32.2. The van der Waals surface area contributed by atoms with E-state index >= 15 is 0 Å². The zero-order chi connectivity index (χ0) is 23.1. The zero-order valence-electron chi connectivity index (χ0n) is 19.1. The minimum Gasteiger partial charge on any atom is -0.741 e. The fourth-order valence-electron chi connectivity index (χ4n) is 3.04. The van der Waals surface area contributed by atoms with Gasteiger partial charge in [0.1, 0.15) is 11.5 Å². The van der Waals surface area contributed by atoms with E-state index in [1.54, 1.807) is 11.8 Å². The van der Waals surface area contributed by atoms with Crippen molar-refractivity contribution in [3.05, 3.63) is 0 Å². The number of unbranched alkanes of at least 4 members (excludes halogenated alkanes) is 15. The van der Waals surface area contributed by atoms with Crippen LogP contribution in [-0.2, 0) is 21.9 Å². The second-order valence-corrected chi connectivity index (χ2v) is 10.6. The van der Waals surface area contributed by atoms with Crippen LogP contribution < -0.4 is 0 Å². The van der Waals surface area contributed by atoms with Gasteiger partial charge in [0.05, 0.1) is 0 Å². The molecule has 0 saturated carbocycles. The summed E-state index contributed by atoms with van der Waals surface area (Å²) in [7, 11) is -6.09. The van der Waals surface area contributed by atoms with Crippen molar-refractivity contribution < 1.29 is 26.1 Å². The maximum atomic E-state index is 10.7. The molecular formula is C22H45F3O3S2. The summed E-state index contributed by atoms with van der Waals surface area (Å²) in [6.07, 6.45) is 25.0. The quantitative estimate of drug-likeness (QED) is 0.0634. The molecule has 0 saturated heterocycles. The van der Waals surface area contributed by atoms with Crippen molar-refractivity contribution in [3.8, 4) is 0 Å². The van der Waals surface area contributed by atoms with Crippen LogP contribution in [0.4, 0.5) is 13.2 Å². The fourth-order valence-corrected chi connectivity index (χ4v) is 4.03. The highest BCUT2D eigenvalue weighted by Gasteiger charge is 2.36. The standard InChI is InChI=1S/C21H44S.CHF3O3S/c1-3-5-6-7-8-9-10-11-12-13-14-15-16-17-18-19-21-22-20-4-2;2-1(3,4)8(5,6)7/h3-21H2,1-2H3;(H,5,6,7). The molecule has 0 heterocycles. The molecule has 0 aromatic rings. The van der Waals surface area contributed by atoms with Crippen LogP contribution in [0.1, 0.15) is 123 Å². The van der Waals surface area contributed by atoms with Gasteiger partial charge in [-0.25, -0.2) is 8.42 Å². The monoisotopic (exact) mass is 478 g/mol. The molecule has 0 atom stereocenters. The Labute approximate surface area is 188 Å². The lowest BCUT2D eigenvalue weighted by Gasteiger charge is -2.08. The minimum absolute atomic E-state index is 1.36. The van der Waals surface area contributed by atoms with E-state index < -0.39 is 15.6 Å². The molecule has 0 N–H and O–H groups in total. The van der Waals surface area contributed by atoms with Gasteiger partial charge in [0, 0.05) is 0 Å². The van der Waals surface area contributed by atoms with Gasteiger partial charge in [0.25, 0.3) is 0 Å². The summed E-state index contributed by atoms with van der Waals surface area (Å²) in [6.45, 7) is 4.59. The summed E-state index contributed by atoms with van der Waals surface area (Å²) >= 11 is 1.69. The molecule has 0 aromatic carbocycles. The average Bonchev–Trinajstić information content (AvgIpc) is 2.66. The summed E-state index contributed by atoms with van der Waals surface area (Å²) < 4.78 is 58.9. The van der Waals surface area contributed by atoms with E-state index in [1.165, 1.54) is 121 Å². The lowest BCUT2D eigenvalue weighted by Crippen LogP contribution is -2.21. The highest BCUT2D eigenvalue weighted by Crippen LogP contribution is 2.20. The lowest BCUT2D eigenvalue weighted by atomic mass is 10.0. The maximum Gasteiger partial charge on any atom is 0.485 e. The molecular weight excluding hydrogens is 433 g/mol. The van der Waals surface area contributed by atoms with E-state index in [0.717, 1.165) is 0 Å². The van der Waals surface area contributed by atoms with Crippen molar-refractivity contribution in [2.75, 3.05) is 11.5 Å². The Bertz CT molecular complexity index is 421. The summed E-state index contributed by atoms with van der Waals surface area (Å²) in [5.74, 6) is 2.87. The van der Waals surface area contributed by atoms with Crippen LogP contribution in [0.15, 0.2) is 0 Å². The molecule has 0 aliphatic heterocycles. The third-order valence-electron chi connectivity index (χ3n) is 4.83. The van der Waals surface area contributed by atoms with Gasteiger partial charge >= 0.3 is 5.51 Å². The molecule has 184 valence electrons. The van der Waals surface area contributed by atoms with Crippen molar-refractivity contribution >= 4 is 21.9 Å². The first-order chi connectivity index (χ1) is 14.2. The van der Waals surface area contributed by atoms with Gasteiger partial charge in [-0.15, -0.1) is 0 Å². The van der Waals surface area contributed by atoms with Gasteiger partial charge in [-0.05, 0) is 31.0 Å². The molecule has 0 rings (SSSR count). The highest BCUT2D eigenvalue weighted by molar-refractivity contribution is 7.86. The SMILES string of the molecule is CCCCCCCCCCCCCCCCCC[SH+]CCC.O=S(=O)([O-])C(F)(F)F. The van der Waals surface area contributed by atoms with E-state index in [-0.39, 0.29) is 0 Å². The molecule has 8 heteroatoms. The van der Waals surface area contributed by atoms with Crippen molar-refractivity contribution in [2.45, 2.75) is 129 Å². The Morgan fingerprint density at radius 3 is 1.17 bits per heavy atom. The van der Waals surface area contributed by atoms with Crippen molar-refractivity contribution in [3.63, 3.8) is 0 Å². The van der Waals surface area contributed by atoms with Gasteiger partial charge in [-0.2, -0.15) is 13.2 Å². The Morgan fingerprint density at radius 1 is 0.600 bits per heavy atom. The van der Waals surface area contributed by atoms with Crippen LogP contribution >= 0.6 is 0 Å². The first-order valence-electron chi connectivity index (χ1n) is 11.8. The zero-order valence-corrected chi connectivity index (χ0v) is 20.9. The largest absolute Gasteiger partial charge is 0.741 e. The van der Waals surface area contributed by atoms with Crippen LogP contribution in [-0.4, -0.2) is 30.0 Å². The van der Waals surface area contributed by atoms with Crippen LogP contribution in [0, 0.1) is 0 Å². The number of halogens is 3. The molecule has 0 aliphatic rings. The van der Waals surface area contributed by atoms with E-state index in [9.17, 15) is 13.2 Å². The summed E-state index contributed by atoms with van der Waals surface area (Å²) in [4.78, 5) is 0. The van der Waals surface area contributed by atoms with E-state index in [4.69, 9.17) is 13.0 Å². The van der Waals surface area contributed by atoms with E-state index in [1.807, 2.05) is 0 Å². The fraction of sp³-hybridized carbons (Fsp3) is 1.00. The van der Waals surface area contributed by atoms with Crippen LogP contribution in [0.3, 0.4) is 0 Å². The number of hydrogen-bond acceptors (Lipinski definition) is 3. The highest BCUT2D eigenvalue weighted by atomic mass is 32.2. The van der Waals surface area contributed by atoms with Gasteiger partial charge < -0.3 is 4.55 Å². The van der Waals surface area contributed by atoms with Crippen molar-refractivity contribution in [1.29, 1.82) is 0 Å². The molecule has 30 heavy (non-hydrogen) atoms. The van der Waals surface area contributed by atoms with Gasteiger partial charge in [0.15, 0.2) is 10.1 Å². The van der Waals surface area contributed by atoms with Crippen molar-refractivity contribution in [1.82, 2.24) is 0 Å². The molecule has 0 bridgehead atoms. The second kappa shape index (κ2) is 22.3. The minimum atomic E-state index is -6.09. The second-order valence-electron chi connectivity index (χ2n) is 7.87. The molecule has 3 nitrogen and oxygen atoms in total. The van der Waals surface area contributed by atoms with E-state index in [2.05, 4.69) is 13.8 Å². The van der Waals surface area contributed by atoms with Crippen LogP contribution in [0.25, 0.3) is 0 Å². The Kier molecular flexibility index (Phi) is 23.9. The Balaban J connectivity index is 0. The number of hydrogen-bond donors (Lipinski definition) is 0. The van der Waals surface area contributed by atoms with Crippen LogP contribution in [0.5, 0.6) is 0 Å². The first-order valence-corrected chi connectivity index (χ1v) is 14.5. The summed E-state index contributed by atoms with van der Waals surface area (Å²) in [5.41, 5.74) is -5.65. The van der Waals surface area contributed by atoms with E-state index in [0.29, 0.717) is 0 Å². The molecule has 0 amide bonds. The van der Waals surface area contributed by atoms with Crippen LogP contribution in [0.2, 0.25) is 0 Å². The summed E-state index contributed by atoms with van der Waals surface area (Å²) in [5, 5.41) is 0. The predicted octanol–water partition coefficient (Wildman–Crippen LogP) is 7.52. The smallest absolute Gasteiger partial charge is 0.485 e. The third kappa shape index (κ3) is 26.1. The lowest BCUT2D eigenvalue weighted by molar-refractivity contribution is -0.0517. The molecule has 0 spiro atoms. The summed E-state index contributed by atoms with van der Waals surface area (Å²) in [6, 6.07) is 0. The molecule has 0 aliphatic carbocycles. The normalized spacial score (nSPS) is 11.9. The molecule has 0 unspecified atom stereocenters. The number of thiol groups is 1. The Morgan fingerprint density at radius 2 is 0.900 bits per heavy atom. The molecule has 0 fully saturated rings. The number of alkyl halides is 3. The molecule has 0 aromatic heterocycles. The average molecular weight is 479 g/mol. The van der Waals surface area contributed by atoms with Gasteiger partial charge in [-0.3, -0.25) is 0 Å². The maximum absolute atomic E-state index is 10.7. The topological polar surface area (TPSA) is 57.2 Å². The molecule has 0 radical (unpaired) electrons. The van der Waals surface area contributed by atoms with Gasteiger partial charge in [0.2, 0.25) is 0 Å². The third-order valence-corrected chi connectivity index (χ3v) is 6.80. The van der Waals surface area contributed by atoms with Gasteiger partial charge in [-0.1, -0.05) is 104 Å². The number of rotatable bonds is 19. The Hall–Kier alpha value is 0.0500. The predicted molar refractivity (Wildman–Crippen MR) is 124 cm³/mol.